The molecule has 1 aromatic rings. The number of hydrogen-bond donors (Lipinski definition) is 2. The highest BCUT2D eigenvalue weighted by molar-refractivity contribution is 5.96. The van der Waals surface area contributed by atoms with E-state index in [0.717, 1.165) is 5.56 Å². The SMILES string of the molecule is COCCOCC(=O)Nc1cc(C(=O)O)c(C)cc1C. The normalized spacial score (nSPS) is 10.3. The van der Waals surface area contributed by atoms with E-state index in [9.17, 15) is 9.59 Å². The Hall–Kier alpha value is -1.92. The fourth-order valence-electron chi connectivity index (χ4n) is 1.71. The minimum absolute atomic E-state index is 0.0981. The van der Waals surface area contributed by atoms with Crippen molar-refractivity contribution in [2.75, 3.05) is 32.2 Å². The molecule has 0 aliphatic rings. The summed E-state index contributed by atoms with van der Waals surface area (Å²) in [6.07, 6.45) is 0. The average Bonchev–Trinajstić information content (AvgIpc) is 2.37. The standard InChI is InChI=1S/C14H19NO5/c1-9-6-10(2)12(7-11(9)14(17)18)15-13(16)8-20-5-4-19-3/h6-7H,4-5,8H2,1-3H3,(H,15,16)(H,17,18). The van der Waals surface area contributed by atoms with E-state index in [1.807, 2.05) is 0 Å². The Morgan fingerprint density at radius 2 is 1.90 bits per heavy atom. The molecule has 6 nitrogen and oxygen atoms in total. The summed E-state index contributed by atoms with van der Waals surface area (Å²) < 4.78 is 9.89. The monoisotopic (exact) mass is 281 g/mol. The molecule has 0 unspecified atom stereocenters. The van der Waals surface area contributed by atoms with E-state index in [4.69, 9.17) is 14.6 Å². The molecule has 0 aromatic heterocycles. The number of nitrogens with one attached hydrogen (secondary N) is 1. The molecule has 110 valence electrons. The van der Waals surface area contributed by atoms with Gasteiger partial charge in [-0.25, -0.2) is 4.79 Å². The molecule has 20 heavy (non-hydrogen) atoms. The maximum absolute atomic E-state index is 11.7. The van der Waals surface area contributed by atoms with E-state index in [1.165, 1.54) is 6.07 Å². The van der Waals surface area contributed by atoms with Crippen molar-refractivity contribution in [1.82, 2.24) is 0 Å². The highest BCUT2D eigenvalue weighted by Crippen LogP contribution is 2.20. The number of methoxy groups -OCH3 is 1. The van der Waals surface area contributed by atoms with E-state index in [1.54, 1.807) is 27.0 Å². The van der Waals surface area contributed by atoms with E-state index < -0.39 is 5.97 Å². The number of amides is 1. The molecule has 0 atom stereocenters. The highest BCUT2D eigenvalue weighted by atomic mass is 16.5. The maximum atomic E-state index is 11.7. The summed E-state index contributed by atoms with van der Waals surface area (Å²) in [4.78, 5) is 22.7. The molecule has 2 N–H and O–H groups in total. The van der Waals surface area contributed by atoms with Crippen LogP contribution in [0, 0.1) is 13.8 Å². The lowest BCUT2D eigenvalue weighted by Crippen LogP contribution is -2.20. The second-order valence-corrected chi connectivity index (χ2v) is 4.38. The minimum atomic E-state index is -1.02. The lowest BCUT2D eigenvalue weighted by Gasteiger charge is -2.11. The zero-order valence-electron chi connectivity index (χ0n) is 11.9. The number of aryl methyl sites for hydroxylation is 2. The van der Waals surface area contributed by atoms with E-state index in [-0.39, 0.29) is 18.1 Å². The predicted molar refractivity (Wildman–Crippen MR) is 74.2 cm³/mol. The van der Waals surface area contributed by atoms with Crippen molar-refractivity contribution in [2.24, 2.45) is 0 Å². The van der Waals surface area contributed by atoms with E-state index >= 15 is 0 Å². The van der Waals surface area contributed by atoms with Gasteiger partial charge in [0.25, 0.3) is 0 Å². The lowest BCUT2D eigenvalue weighted by atomic mass is 10.0. The molecule has 1 rings (SSSR count). The molecule has 1 aromatic carbocycles. The van der Waals surface area contributed by atoms with Gasteiger partial charge in [0.1, 0.15) is 6.61 Å². The summed E-state index contributed by atoms with van der Waals surface area (Å²) in [7, 11) is 1.55. The summed E-state index contributed by atoms with van der Waals surface area (Å²) in [6.45, 7) is 4.17. The van der Waals surface area contributed by atoms with Crippen LogP contribution in [-0.4, -0.2) is 43.9 Å². The zero-order valence-corrected chi connectivity index (χ0v) is 11.9. The molecule has 1 amide bonds. The molecule has 0 aliphatic carbocycles. The summed E-state index contributed by atoms with van der Waals surface area (Å²) in [5.74, 6) is -1.35. The molecule has 0 saturated heterocycles. The third kappa shape index (κ3) is 4.64. The van der Waals surface area contributed by atoms with Gasteiger partial charge in [-0.15, -0.1) is 0 Å². The van der Waals surface area contributed by atoms with Crippen LogP contribution in [0.3, 0.4) is 0 Å². The van der Waals surface area contributed by atoms with Gasteiger partial charge in [0.15, 0.2) is 0 Å². The van der Waals surface area contributed by atoms with Crippen LogP contribution in [0.15, 0.2) is 12.1 Å². The fourth-order valence-corrected chi connectivity index (χ4v) is 1.71. The van der Waals surface area contributed by atoms with Crippen LogP contribution in [-0.2, 0) is 14.3 Å². The van der Waals surface area contributed by atoms with Crippen LogP contribution < -0.4 is 5.32 Å². The topological polar surface area (TPSA) is 84.9 Å². The maximum Gasteiger partial charge on any atom is 0.336 e. The first-order chi connectivity index (χ1) is 9.45. The van der Waals surface area contributed by atoms with Crippen molar-refractivity contribution in [3.8, 4) is 0 Å². The van der Waals surface area contributed by atoms with Gasteiger partial charge in [-0.3, -0.25) is 4.79 Å². The molecule has 0 saturated carbocycles. The number of carboxylic acids is 1. The van der Waals surface area contributed by atoms with E-state index in [0.29, 0.717) is 24.5 Å². The van der Waals surface area contributed by atoms with Gasteiger partial charge in [-0.2, -0.15) is 0 Å². The first-order valence-corrected chi connectivity index (χ1v) is 6.16. The molecular weight excluding hydrogens is 262 g/mol. The van der Waals surface area contributed by atoms with Crippen molar-refractivity contribution < 1.29 is 24.2 Å². The molecule has 0 bridgehead atoms. The minimum Gasteiger partial charge on any atom is -0.478 e. The van der Waals surface area contributed by atoms with Crippen molar-refractivity contribution >= 4 is 17.6 Å². The number of carboxylic acid groups (broad SMARTS) is 1. The molecule has 0 aliphatic heterocycles. The second-order valence-electron chi connectivity index (χ2n) is 4.38. The zero-order chi connectivity index (χ0) is 15.1. The molecule has 6 heteroatoms. The number of rotatable bonds is 7. The number of carbonyl (C=O) groups excluding carboxylic acids is 1. The van der Waals surface area contributed by atoms with Crippen molar-refractivity contribution in [3.05, 3.63) is 28.8 Å². The Morgan fingerprint density at radius 3 is 2.50 bits per heavy atom. The molecule has 0 radical (unpaired) electrons. The number of aromatic carboxylic acids is 1. The smallest absolute Gasteiger partial charge is 0.336 e. The highest BCUT2D eigenvalue weighted by Gasteiger charge is 2.12. The Balaban J connectivity index is 2.69. The molecule has 0 spiro atoms. The number of hydrogen-bond acceptors (Lipinski definition) is 4. The first-order valence-electron chi connectivity index (χ1n) is 6.16. The summed E-state index contributed by atoms with van der Waals surface area (Å²) in [6, 6.07) is 3.19. The Labute approximate surface area is 117 Å². The number of carbonyl (C=O) groups is 2. The quantitative estimate of drug-likeness (QED) is 0.742. The van der Waals surface area contributed by atoms with Crippen LogP contribution in [0.5, 0.6) is 0 Å². The molecule has 0 heterocycles. The Kier molecular flexibility index (Phi) is 6.14. The van der Waals surface area contributed by atoms with Crippen LogP contribution >= 0.6 is 0 Å². The van der Waals surface area contributed by atoms with Crippen LogP contribution in [0.25, 0.3) is 0 Å². The third-order valence-electron chi connectivity index (χ3n) is 2.74. The molecular formula is C14H19NO5. The van der Waals surface area contributed by atoms with Gasteiger partial charge in [-0.05, 0) is 31.0 Å². The lowest BCUT2D eigenvalue weighted by molar-refractivity contribution is -0.121. The van der Waals surface area contributed by atoms with Crippen LogP contribution in [0.2, 0.25) is 0 Å². The third-order valence-corrected chi connectivity index (χ3v) is 2.74. The summed E-state index contributed by atoms with van der Waals surface area (Å²) in [5, 5.41) is 11.7. The Morgan fingerprint density at radius 1 is 1.20 bits per heavy atom. The number of ether oxygens (including phenoxy) is 2. The number of benzene rings is 1. The predicted octanol–water partition coefficient (Wildman–Crippen LogP) is 1.60. The second kappa shape index (κ2) is 7.62. The Bertz CT molecular complexity index is 499. The van der Waals surface area contributed by atoms with Gasteiger partial charge < -0.3 is 19.9 Å². The fraction of sp³-hybridized carbons (Fsp3) is 0.429. The largest absolute Gasteiger partial charge is 0.478 e. The molecule has 0 fully saturated rings. The van der Waals surface area contributed by atoms with Crippen molar-refractivity contribution in [3.63, 3.8) is 0 Å². The summed E-state index contributed by atoms with van der Waals surface area (Å²) in [5.41, 5.74) is 2.11. The van der Waals surface area contributed by atoms with Crippen molar-refractivity contribution in [1.29, 1.82) is 0 Å². The van der Waals surface area contributed by atoms with Gasteiger partial charge in [0, 0.05) is 12.8 Å². The van der Waals surface area contributed by atoms with Crippen molar-refractivity contribution in [2.45, 2.75) is 13.8 Å². The van der Waals surface area contributed by atoms with Crippen LogP contribution in [0.1, 0.15) is 21.5 Å². The van der Waals surface area contributed by atoms with E-state index in [2.05, 4.69) is 5.32 Å². The summed E-state index contributed by atoms with van der Waals surface area (Å²) >= 11 is 0. The van der Waals surface area contributed by atoms with Crippen LogP contribution in [0.4, 0.5) is 5.69 Å². The van der Waals surface area contributed by atoms with Gasteiger partial charge >= 0.3 is 5.97 Å². The van der Waals surface area contributed by atoms with Gasteiger partial charge in [-0.1, -0.05) is 6.07 Å². The first kappa shape index (κ1) is 16.1. The van der Waals surface area contributed by atoms with Gasteiger partial charge in [0.05, 0.1) is 18.8 Å². The average molecular weight is 281 g/mol. The number of anilines is 1. The van der Waals surface area contributed by atoms with Gasteiger partial charge in [0.2, 0.25) is 5.91 Å².